The summed E-state index contributed by atoms with van der Waals surface area (Å²) >= 11 is 8.30. The van der Waals surface area contributed by atoms with E-state index in [1.807, 2.05) is 25.1 Å². The van der Waals surface area contributed by atoms with Crippen molar-refractivity contribution in [1.29, 1.82) is 0 Å². The molecule has 0 spiro atoms. The standard InChI is InChI=1S/C28H28Br2N2O6S/c1-6-8-19-24(27(34)38-7-2)25(17-13-16(29)9-10-20(17)35-3)32-26(33)23(39-28(32)31-19)12-15-11-18(30)22(37-5)14-21(15)36-4/h9-14,25H,6-8H2,1-5H3/b23-12+/t25-/m1/s1. The number of halogens is 2. The highest BCUT2D eigenvalue weighted by Gasteiger charge is 2.36. The number of esters is 1. The molecule has 0 N–H and O–H groups in total. The van der Waals surface area contributed by atoms with Crippen LogP contribution in [0.1, 0.15) is 43.9 Å². The van der Waals surface area contributed by atoms with Crippen molar-refractivity contribution in [3.8, 4) is 17.2 Å². The van der Waals surface area contributed by atoms with Gasteiger partial charge in [-0.2, -0.15) is 0 Å². The average molecular weight is 680 g/mol. The first-order chi connectivity index (χ1) is 18.8. The fraction of sp³-hybridized carbons (Fsp3) is 0.321. The summed E-state index contributed by atoms with van der Waals surface area (Å²) in [6.45, 7) is 3.96. The number of thiazole rings is 1. The van der Waals surface area contributed by atoms with Crippen molar-refractivity contribution in [3.63, 3.8) is 0 Å². The summed E-state index contributed by atoms with van der Waals surface area (Å²) in [6.07, 6.45) is 3.07. The number of nitrogens with zero attached hydrogens (tertiary/aromatic N) is 2. The Balaban J connectivity index is 2.06. The molecule has 0 bridgehead atoms. The highest BCUT2D eigenvalue weighted by molar-refractivity contribution is 9.10. The third-order valence-corrected chi connectivity index (χ3v) is 8.27. The molecule has 1 aliphatic rings. The second kappa shape index (κ2) is 12.5. The molecule has 8 nitrogen and oxygen atoms in total. The lowest BCUT2D eigenvalue weighted by Crippen LogP contribution is -2.40. The fourth-order valence-corrected chi connectivity index (χ4v) is 6.38. The molecule has 0 amide bonds. The van der Waals surface area contributed by atoms with Crippen molar-refractivity contribution in [3.05, 3.63) is 81.4 Å². The molecular formula is C28H28Br2N2O6S. The monoisotopic (exact) mass is 678 g/mol. The van der Waals surface area contributed by atoms with Crippen LogP contribution in [0.25, 0.3) is 6.08 Å². The van der Waals surface area contributed by atoms with E-state index in [-0.39, 0.29) is 12.2 Å². The lowest BCUT2D eigenvalue weighted by molar-refractivity contribution is -0.139. The number of benzene rings is 2. The summed E-state index contributed by atoms with van der Waals surface area (Å²) < 4.78 is 25.6. The van der Waals surface area contributed by atoms with Crippen LogP contribution in [0.2, 0.25) is 0 Å². The zero-order chi connectivity index (χ0) is 28.3. The molecule has 1 aliphatic heterocycles. The Hall–Kier alpha value is -2.89. The molecule has 2 heterocycles. The van der Waals surface area contributed by atoms with E-state index in [1.165, 1.54) is 11.3 Å². The third kappa shape index (κ3) is 5.71. The van der Waals surface area contributed by atoms with E-state index in [0.717, 1.165) is 15.4 Å². The summed E-state index contributed by atoms with van der Waals surface area (Å²) in [6, 6.07) is 8.30. The van der Waals surface area contributed by atoms with Gasteiger partial charge in [0.2, 0.25) is 0 Å². The van der Waals surface area contributed by atoms with Crippen molar-refractivity contribution in [2.75, 3.05) is 27.9 Å². The maximum absolute atomic E-state index is 14.1. The van der Waals surface area contributed by atoms with E-state index in [4.69, 9.17) is 23.9 Å². The van der Waals surface area contributed by atoms with Crippen molar-refractivity contribution < 1.29 is 23.7 Å². The van der Waals surface area contributed by atoms with Gasteiger partial charge in [-0.3, -0.25) is 9.36 Å². The number of hydrogen-bond acceptors (Lipinski definition) is 8. The van der Waals surface area contributed by atoms with E-state index in [0.29, 0.717) is 55.4 Å². The van der Waals surface area contributed by atoms with Crippen LogP contribution in [0.15, 0.2) is 60.3 Å². The summed E-state index contributed by atoms with van der Waals surface area (Å²) in [5, 5.41) is 0. The predicted molar refractivity (Wildman–Crippen MR) is 158 cm³/mol. The first-order valence-electron chi connectivity index (χ1n) is 12.2. The first kappa shape index (κ1) is 29.1. The highest BCUT2D eigenvalue weighted by atomic mass is 79.9. The molecule has 3 aromatic rings. The Kier molecular flexibility index (Phi) is 9.35. The molecule has 0 fully saturated rings. The van der Waals surface area contributed by atoms with E-state index < -0.39 is 12.0 Å². The molecule has 0 unspecified atom stereocenters. The number of rotatable bonds is 9. The highest BCUT2D eigenvalue weighted by Crippen LogP contribution is 2.38. The SMILES string of the molecule is CCCC1=C(C(=O)OCC)[C@@H](c2cc(Br)ccc2OC)n2c(s/c(=C/c3cc(Br)c(OC)cc3OC)c2=O)=N1. The number of ether oxygens (including phenoxy) is 4. The second-order valence-corrected chi connectivity index (χ2v) is 11.3. The van der Waals surface area contributed by atoms with Crippen LogP contribution >= 0.6 is 43.2 Å². The van der Waals surface area contributed by atoms with Gasteiger partial charge in [-0.25, -0.2) is 9.79 Å². The Labute approximate surface area is 246 Å². The normalized spacial score (nSPS) is 15.1. The van der Waals surface area contributed by atoms with Crippen molar-refractivity contribution in [2.45, 2.75) is 32.7 Å². The van der Waals surface area contributed by atoms with Gasteiger partial charge in [-0.15, -0.1) is 0 Å². The minimum atomic E-state index is -0.791. The summed E-state index contributed by atoms with van der Waals surface area (Å²) in [7, 11) is 4.69. The lowest BCUT2D eigenvalue weighted by atomic mass is 9.93. The van der Waals surface area contributed by atoms with Crippen LogP contribution < -0.4 is 29.1 Å². The van der Waals surface area contributed by atoms with Crippen LogP contribution in [0.4, 0.5) is 0 Å². The largest absolute Gasteiger partial charge is 0.496 e. The number of allylic oxidation sites excluding steroid dienone is 1. The third-order valence-electron chi connectivity index (χ3n) is 6.17. The predicted octanol–water partition coefficient (Wildman–Crippen LogP) is 5.13. The molecule has 1 aromatic heterocycles. The van der Waals surface area contributed by atoms with Crippen LogP contribution in [0.5, 0.6) is 17.2 Å². The molecule has 0 saturated heterocycles. The quantitative estimate of drug-likeness (QED) is 0.292. The molecule has 4 rings (SSSR count). The average Bonchev–Trinajstić information content (AvgIpc) is 3.22. The van der Waals surface area contributed by atoms with E-state index in [9.17, 15) is 9.59 Å². The van der Waals surface area contributed by atoms with Gasteiger partial charge in [-0.1, -0.05) is 40.6 Å². The Morgan fingerprint density at radius 3 is 2.41 bits per heavy atom. The van der Waals surface area contributed by atoms with Crippen LogP contribution in [0.3, 0.4) is 0 Å². The maximum atomic E-state index is 14.1. The van der Waals surface area contributed by atoms with E-state index >= 15 is 0 Å². The molecule has 0 saturated carbocycles. The van der Waals surface area contributed by atoms with Gasteiger partial charge in [0.1, 0.15) is 23.3 Å². The number of fused-ring (bicyclic) bond motifs is 1. The molecule has 39 heavy (non-hydrogen) atoms. The Morgan fingerprint density at radius 1 is 1.05 bits per heavy atom. The number of aromatic nitrogens is 1. The molecule has 2 aromatic carbocycles. The number of hydrogen-bond donors (Lipinski definition) is 0. The first-order valence-corrected chi connectivity index (χ1v) is 14.6. The topological polar surface area (TPSA) is 88.4 Å². The van der Waals surface area contributed by atoms with Crippen LogP contribution in [-0.2, 0) is 9.53 Å². The summed E-state index contributed by atoms with van der Waals surface area (Å²) in [4.78, 5) is 32.8. The van der Waals surface area contributed by atoms with Crippen molar-refractivity contribution in [2.24, 2.45) is 4.99 Å². The number of carbonyl (C=O) groups excluding carboxylic acids is 1. The van der Waals surface area contributed by atoms with Gasteiger partial charge in [0.25, 0.3) is 5.56 Å². The fourth-order valence-electron chi connectivity index (χ4n) is 4.47. The van der Waals surface area contributed by atoms with Gasteiger partial charge >= 0.3 is 5.97 Å². The van der Waals surface area contributed by atoms with Gasteiger partial charge in [-0.05, 0) is 59.6 Å². The van der Waals surface area contributed by atoms with Crippen LogP contribution in [-0.4, -0.2) is 38.5 Å². The van der Waals surface area contributed by atoms with Gasteiger partial charge < -0.3 is 18.9 Å². The molecule has 1 atom stereocenters. The Morgan fingerprint density at radius 2 is 1.77 bits per heavy atom. The zero-order valence-electron chi connectivity index (χ0n) is 22.2. The molecule has 0 aliphatic carbocycles. The van der Waals surface area contributed by atoms with Gasteiger partial charge in [0.15, 0.2) is 4.80 Å². The number of carbonyl (C=O) groups is 1. The Bertz CT molecular complexity index is 1630. The van der Waals surface area contributed by atoms with E-state index in [1.54, 1.807) is 51.0 Å². The second-order valence-electron chi connectivity index (χ2n) is 8.53. The molecule has 11 heteroatoms. The number of methoxy groups -OCH3 is 3. The smallest absolute Gasteiger partial charge is 0.338 e. The van der Waals surface area contributed by atoms with Crippen molar-refractivity contribution in [1.82, 2.24) is 4.57 Å². The molecular weight excluding hydrogens is 652 g/mol. The zero-order valence-corrected chi connectivity index (χ0v) is 26.2. The van der Waals surface area contributed by atoms with Gasteiger partial charge in [0.05, 0.1) is 48.2 Å². The van der Waals surface area contributed by atoms with E-state index in [2.05, 4.69) is 31.9 Å². The molecule has 0 radical (unpaired) electrons. The van der Waals surface area contributed by atoms with Gasteiger partial charge in [0, 0.05) is 21.7 Å². The lowest BCUT2D eigenvalue weighted by Gasteiger charge is -2.27. The summed E-state index contributed by atoms with van der Waals surface area (Å²) in [5.41, 5.74) is 1.97. The molecule has 206 valence electrons. The van der Waals surface area contributed by atoms with Crippen LogP contribution in [0, 0.1) is 0 Å². The maximum Gasteiger partial charge on any atom is 0.338 e. The summed E-state index contributed by atoms with van der Waals surface area (Å²) in [5.74, 6) is 1.19. The minimum Gasteiger partial charge on any atom is -0.496 e. The van der Waals surface area contributed by atoms with Crippen molar-refractivity contribution >= 4 is 55.2 Å². The minimum absolute atomic E-state index is 0.195.